The lowest BCUT2D eigenvalue weighted by Gasteiger charge is -2.17. The molecule has 0 aliphatic carbocycles. The molecule has 1 unspecified atom stereocenters. The Morgan fingerprint density at radius 1 is 1.53 bits per heavy atom. The van der Waals surface area contributed by atoms with E-state index in [4.69, 9.17) is 0 Å². The predicted molar refractivity (Wildman–Crippen MR) is 71.7 cm³/mol. The van der Waals surface area contributed by atoms with Gasteiger partial charge in [-0.3, -0.25) is 0 Å². The summed E-state index contributed by atoms with van der Waals surface area (Å²) in [6.07, 6.45) is 0. The lowest BCUT2D eigenvalue weighted by molar-refractivity contribution is 0.553. The van der Waals surface area contributed by atoms with Crippen molar-refractivity contribution in [2.24, 2.45) is 0 Å². The van der Waals surface area contributed by atoms with Gasteiger partial charge in [0.15, 0.2) is 0 Å². The van der Waals surface area contributed by atoms with Gasteiger partial charge in [-0.05, 0) is 24.7 Å². The molecule has 1 aromatic heterocycles. The van der Waals surface area contributed by atoms with E-state index in [1.165, 1.54) is 17.4 Å². The third-order valence-electron chi connectivity index (χ3n) is 2.42. The molecule has 0 saturated heterocycles. The van der Waals surface area contributed by atoms with Crippen LogP contribution < -0.4 is 5.32 Å². The number of nitrogens with one attached hydrogen (secondary N) is 1. The number of aromatic nitrogens is 1. The van der Waals surface area contributed by atoms with Gasteiger partial charge in [0, 0.05) is 15.4 Å². The summed E-state index contributed by atoms with van der Waals surface area (Å²) in [4.78, 5) is 4.26. The largest absolute Gasteiger partial charge is 0.305 e. The highest BCUT2D eigenvalue weighted by Crippen LogP contribution is 2.26. The Labute approximate surface area is 112 Å². The van der Waals surface area contributed by atoms with Crippen molar-refractivity contribution in [3.63, 3.8) is 0 Å². The Hall–Kier alpha value is -0.780. The van der Waals surface area contributed by atoms with Crippen LogP contribution in [0, 0.1) is 5.82 Å². The first-order chi connectivity index (χ1) is 8.22. The van der Waals surface area contributed by atoms with Gasteiger partial charge in [-0.25, -0.2) is 9.37 Å². The molecular weight excluding hydrogens is 303 g/mol. The number of nitrogens with zero attached hydrogens (tertiary/aromatic N) is 1. The average molecular weight is 315 g/mol. The molecule has 0 saturated carbocycles. The molecule has 2 aromatic rings. The highest BCUT2D eigenvalue weighted by Gasteiger charge is 2.18. The van der Waals surface area contributed by atoms with Crippen molar-refractivity contribution in [1.29, 1.82) is 0 Å². The Morgan fingerprint density at radius 3 is 3.00 bits per heavy atom. The maximum absolute atomic E-state index is 13.8. The zero-order valence-corrected chi connectivity index (χ0v) is 11.7. The second-order valence-corrected chi connectivity index (χ2v) is 5.20. The van der Waals surface area contributed by atoms with Gasteiger partial charge in [0.25, 0.3) is 0 Å². The van der Waals surface area contributed by atoms with E-state index >= 15 is 0 Å². The van der Waals surface area contributed by atoms with Crippen LogP contribution in [0.3, 0.4) is 0 Å². The normalized spacial score (nSPS) is 12.6. The lowest BCUT2D eigenvalue weighted by Crippen LogP contribution is -2.23. The van der Waals surface area contributed by atoms with Crippen molar-refractivity contribution in [2.45, 2.75) is 13.0 Å². The smallest absolute Gasteiger partial charge is 0.128 e. The zero-order valence-electron chi connectivity index (χ0n) is 9.28. The summed E-state index contributed by atoms with van der Waals surface area (Å²) in [5, 5.41) is 5.19. The summed E-state index contributed by atoms with van der Waals surface area (Å²) in [5.41, 5.74) is 3.23. The number of hydrogen-bond acceptors (Lipinski definition) is 3. The van der Waals surface area contributed by atoms with E-state index in [9.17, 15) is 4.39 Å². The summed E-state index contributed by atoms with van der Waals surface area (Å²) >= 11 is 4.88. The molecule has 0 radical (unpaired) electrons. The number of thiazole rings is 1. The molecule has 2 rings (SSSR count). The van der Waals surface area contributed by atoms with Gasteiger partial charge in [0.05, 0.1) is 17.2 Å². The molecule has 2 nitrogen and oxygen atoms in total. The molecule has 1 aromatic carbocycles. The highest BCUT2D eigenvalue weighted by atomic mass is 79.9. The standard InChI is InChI=1S/C12H12BrFN2S/c1-2-15-12(11-6-17-7-16-11)9-5-8(13)3-4-10(9)14/h3-7,12,15H,2H2,1H3. The van der Waals surface area contributed by atoms with Crippen LogP contribution in [-0.2, 0) is 0 Å². The van der Waals surface area contributed by atoms with Crippen LogP contribution in [0.2, 0.25) is 0 Å². The summed E-state index contributed by atoms with van der Waals surface area (Å²) in [7, 11) is 0. The van der Waals surface area contributed by atoms with Crippen LogP contribution in [0.15, 0.2) is 33.6 Å². The molecule has 0 spiro atoms. The van der Waals surface area contributed by atoms with Crippen molar-refractivity contribution in [3.8, 4) is 0 Å². The molecule has 90 valence electrons. The fourth-order valence-electron chi connectivity index (χ4n) is 1.68. The molecule has 0 amide bonds. The quantitative estimate of drug-likeness (QED) is 0.929. The van der Waals surface area contributed by atoms with Gasteiger partial charge in [0.2, 0.25) is 0 Å². The summed E-state index contributed by atoms with van der Waals surface area (Å²) in [5.74, 6) is -0.216. The van der Waals surface area contributed by atoms with Crippen LogP contribution >= 0.6 is 27.3 Å². The van der Waals surface area contributed by atoms with Crippen molar-refractivity contribution < 1.29 is 4.39 Å². The molecule has 0 aliphatic rings. The molecule has 5 heteroatoms. The maximum atomic E-state index is 13.8. The minimum Gasteiger partial charge on any atom is -0.305 e. The number of rotatable bonds is 4. The summed E-state index contributed by atoms with van der Waals surface area (Å²) in [6.45, 7) is 2.75. The second-order valence-electron chi connectivity index (χ2n) is 3.57. The van der Waals surface area contributed by atoms with E-state index in [0.717, 1.165) is 16.7 Å². The second kappa shape index (κ2) is 5.71. The average Bonchev–Trinajstić information content (AvgIpc) is 2.83. The van der Waals surface area contributed by atoms with Crippen LogP contribution in [-0.4, -0.2) is 11.5 Å². The summed E-state index contributed by atoms with van der Waals surface area (Å²) < 4.78 is 14.7. The Kier molecular flexibility index (Phi) is 4.25. The first kappa shape index (κ1) is 12.7. The van der Waals surface area contributed by atoms with E-state index < -0.39 is 0 Å². The molecule has 1 atom stereocenters. The zero-order chi connectivity index (χ0) is 12.3. The highest BCUT2D eigenvalue weighted by molar-refractivity contribution is 9.10. The third kappa shape index (κ3) is 2.91. The molecule has 1 heterocycles. The first-order valence-electron chi connectivity index (χ1n) is 5.28. The van der Waals surface area contributed by atoms with Gasteiger partial charge in [-0.15, -0.1) is 11.3 Å². The minimum atomic E-state index is -0.216. The molecule has 17 heavy (non-hydrogen) atoms. The van der Waals surface area contributed by atoms with E-state index in [-0.39, 0.29) is 11.9 Å². The predicted octanol–water partition coefficient (Wildman–Crippen LogP) is 3.74. The van der Waals surface area contributed by atoms with Gasteiger partial charge >= 0.3 is 0 Å². The maximum Gasteiger partial charge on any atom is 0.128 e. The Bertz CT molecular complexity index is 487. The van der Waals surface area contributed by atoms with Gasteiger partial charge < -0.3 is 5.32 Å². The third-order valence-corrected chi connectivity index (χ3v) is 3.52. The van der Waals surface area contributed by atoms with Crippen LogP contribution in [0.1, 0.15) is 24.2 Å². The monoisotopic (exact) mass is 314 g/mol. The number of hydrogen-bond donors (Lipinski definition) is 1. The van der Waals surface area contributed by atoms with E-state index in [1.807, 2.05) is 12.3 Å². The molecule has 1 N–H and O–H groups in total. The number of benzene rings is 1. The van der Waals surface area contributed by atoms with Gasteiger partial charge in [-0.2, -0.15) is 0 Å². The van der Waals surface area contributed by atoms with E-state index in [0.29, 0.717) is 5.56 Å². The van der Waals surface area contributed by atoms with E-state index in [1.54, 1.807) is 17.6 Å². The fraction of sp³-hybridized carbons (Fsp3) is 0.250. The topological polar surface area (TPSA) is 24.9 Å². The first-order valence-corrected chi connectivity index (χ1v) is 7.02. The fourth-order valence-corrected chi connectivity index (χ4v) is 2.64. The van der Waals surface area contributed by atoms with Gasteiger partial charge in [-0.1, -0.05) is 22.9 Å². The van der Waals surface area contributed by atoms with Crippen LogP contribution in [0.25, 0.3) is 0 Å². The van der Waals surface area contributed by atoms with E-state index in [2.05, 4.69) is 26.2 Å². The summed E-state index contributed by atoms with van der Waals surface area (Å²) in [6, 6.07) is 4.77. The lowest BCUT2D eigenvalue weighted by atomic mass is 10.0. The van der Waals surface area contributed by atoms with Crippen molar-refractivity contribution >= 4 is 27.3 Å². The molecular formula is C12H12BrFN2S. The van der Waals surface area contributed by atoms with Gasteiger partial charge in [0.1, 0.15) is 5.82 Å². The van der Waals surface area contributed by atoms with Crippen molar-refractivity contribution in [1.82, 2.24) is 10.3 Å². The Morgan fingerprint density at radius 2 is 2.35 bits per heavy atom. The van der Waals surface area contributed by atoms with Crippen molar-refractivity contribution in [3.05, 3.63) is 50.6 Å². The Balaban J connectivity index is 2.42. The number of halogens is 2. The van der Waals surface area contributed by atoms with Crippen LogP contribution in [0.5, 0.6) is 0 Å². The molecule has 0 aliphatic heterocycles. The molecule has 0 bridgehead atoms. The molecule has 0 fully saturated rings. The van der Waals surface area contributed by atoms with Crippen molar-refractivity contribution in [2.75, 3.05) is 6.54 Å². The SMILES string of the molecule is CCNC(c1cscn1)c1cc(Br)ccc1F. The minimum absolute atomic E-state index is 0.191. The van der Waals surface area contributed by atoms with Crippen LogP contribution in [0.4, 0.5) is 4.39 Å².